The van der Waals surface area contributed by atoms with Gasteiger partial charge in [0, 0.05) is 10.5 Å². The van der Waals surface area contributed by atoms with Crippen molar-refractivity contribution in [3.63, 3.8) is 0 Å². The summed E-state index contributed by atoms with van der Waals surface area (Å²) < 4.78 is 3.18. The van der Waals surface area contributed by atoms with E-state index in [0.29, 0.717) is 6.04 Å². The van der Waals surface area contributed by atoms with E-state index in [2.05, 4.69) is 37.6 Å². The standard InChI is InChI=1S/C14H13BrN2O2S/c15-9-5-6-11-12(7-9)17(10-3-1-2-4-10)14(16-11)20-8-13(18)19/h1-2,5-7,10H,3-4,8H2,(H,18,19). The van der Waals surface area contributed by atoms with Crippen molar-refractivity contribution in [3.8, 4) is 0 Å². The van der Waals surface area contributed by atoms with Crippen LogP contribution < -0.4 is 0 Å². The second-order valence-electron chi connectivity index (χ2n) is 4.68. The summed E-state index contributed by atoms with van der Waals surface area (Å²) in [6.45, 7) is 0. The van der Waals surface area contributed by atoms with Crippen LogP contribution in [0, 0.1) is 0 Å². The summed E-state index contributed by atoms with van der Waals surface area (Å²) in [4.78, 5) is 15.4. The lowest BCUT2D eigenvalue weighted by Gasteiger charge is -2.15. The number of benzene rings is 1. The highest BCUT2D eigenvalue weighted by molar-refractivity contribution is 9.10. The van der Waals surface area contributed by atoms with Crippen LogP contribution in [0.2, 0.25) is 0 Å². The first kappa shape index (κ1) is 13.7. The number of fused-ring (bicyclic) bond motifs is 1. The highest BCUT2D eigenvalue weighted by atomic mass is 79.9. The minimum atomic E-state index is -0.820. The van der Waals surface area contributed by atoms with Gasteiger partial charge in [0.2, 0.25) is 0 Å². The number of carboxylic acids is 1. The maximum atomic E-state index is 10.8. The van der Waals surface area contributed by atoms with Crippen molar-refractivity contribution in [2.24, 2.45) is 0 Å². The number of hydrogen-bond acceptors (Lipinski definition) is 3. The van der Waals surface area contributed by atoms with Gasteiger partial charge in [-0.2, -0.15) is 0 Å². The molecule has 0 radical (unpaired) electrons. The van der Waals surface area contributed by atoms with Crippen LogP contribution in [0.5, 0.6) is 0 Å². The molecule has 0 atom stereocenters. The Morgan fingerprint density at radius 3 is 2.90 bits per heavy atom. The summed E-state index contributed by atoms with van der Waals surface area (Å²) >= 11 is 4.77. The van der Waals surface area contributed by atoms with Gasteiger partial charge in [-0.1, -0.05) is 39.8 Å². The van der Waals surface area contributed by atoms with Crippen LogP contribution in [-0.2, 0) is 4.79 Å². The Morgan fingerprint density at radius 1 is 1.45 bits per heavy atom. The molecule has 0 aliphatic heterocycles. The molecule has 0 saturated heterocycles. The lowest BCUT2D eigenvalue weighted by Crippen LogP contribution is -2.08. The number of carbonyl (C=O) groups is 1. The van der Waals surface area contributed by atoms with Crippen LogP contribution >= 0.6 is 27.7 Å². The summed E-state index contributed by atoms with van der Waals surface area (Å²) in [7, 11) is 0. The number of hydrogen-bond donors (Lipinski definition) is 1. The molecular weight excluding hydrogens is 340 g/mol. The monoisotopic (exact) mass is 352 g/mol. The molecule has 0 fully saturated rings. The fourth-order valence-electron chi connectivity index (χ4n) is 2.44. The Kier molecular flexibility index (Phi) is 3.85. The van der Waals surface area contributed by atoms with Gasteiger partial charge in [0.1, 0.15) is 0 Å². The molecule has 1 aromatic carbocycles. The minimum absolute atomic E-state index is 0.0324. The van der Waals surface area contributed by atoms with Crippen molar-refractivity contribution in [2.75, 3.05) is 5.75 Å². The van der Waals surface area contributed by atoms with Crippen molar-refractivity contribution in [1.29, 1.82) is 0 Å². The van der Waals surface area contributed by atoms with Crippen molar-refractivity contribution < 1.29 is 9.90 Å². The van der Waals surface area contributed by atoms with Gasteiger partial charge in [-0.15, -0.1) is 0 Å². The zero-order valence-corrected chi connectivity index (χ0v) is 13.0. The van der Waals surface area contributed by atoms with E-state index in [1.807, 2.05) is 18.2 Å². The normalized spacial score (nSPS) is 15.2. The Bertz CT molecular complexity index is 688. The summed E-state index contributed by atoms with van der Waals surface area (Å²) in [5.74, 6) is -0.788. The molecule has 6 heteroatoms. The molecule has 0 unspecified atom stereocenters. The Hall–Kier alpha value is -1.27. The number of carboxylic acid groups (broad SMARTS) is 1. The first-order chi connectivity index (χ1) is 9.65. The highest BCUT2D eigenvalue weighted by Crippen LogP contribution is 2.34. The molecule has 20 heavy (non-hydrogen) atoms. The molecule has 3 rings (SSSR count). The molecule has 4 nitrogen and oxygen atoms in total. The highest BCUT2D eigenvalue weighted by Gasteiger charge is 2.21. The van der Waals surface area contributed by atoms with E-state index in [1.165, 1.54) is 11.8 Å². The topological polar surface area (TPSA) is 55.1 Å². The lowest BCUT2D eigenvalue weighted by molar-refractivity contribution is -0.133. The van der Waals surface area contributed by atoms with E-state index in [4.69, 9.17) is 5.11 Å². The fraction of sp³-hybridized carbons (Fsp3) is 0.286. The maximum absolute atomic E-state index is 10.8. The predicted octanol–water partition coefficient (Wildman–Crippen LogP) is 3.87. The molecule has 104 valence electrons. The molecule has 1 aliphatic carbocycles. The van der Waals surface area contributed by atoms with E-state index >= 15 is 0 Å². The van der Waals surface area contributed by atoms with Gasteiger partial charge in [0.25, 0.3) is 0 Å². The van der Waals surface area contributed by atoms with Gasteiger partial charge >= 0.3 is 5.97 Å². The molecule has 0 spiro atoms. The van der Waals surface area contributed by atoms with E-state index < -0.39 is 5.97 Å². The van der Waals surface area contributed by atoms with Crippen LogP contribution in [0.3, 0.4) is 0 Å². The van der Waals surface area contributed by atoms with Crippen LogP contribution in [0.25, 0.3) is 11.0 Å². The molecule has 0 saturated carbocycles. The molecule has 0 bridgehead atoms. The number of allylic oxidation sites excluding steroid dienone is 2. The van der Waals surface area contributed by atoms with Crippen LogP contribution in [0.1, 0.15) is 18.9 Å². The van der Waals surface area contributed by atoms with E-state index in [-0.39, 0.29) is 5.75 Å². The minimum Gasteiger partial charge on any atom is -0.481 e. The van der Waals surface area contributed by atoms with Crippen LogP contribution in [0.15, 0.2) is 40.0 Å². The first-order valence-electron chi connectivity index (χ1n) is 6.32. The summed E-state index contributed by atoms with van der Waals surface area (Å²) in [6, 6.07) is 6.30. The van der Waals surface area contributed by atoms with Crippen LogP contribution in [-0.4, -0.2) is 26.4 Å². The van der Waals surface area contributed by atoms with Gasteiger partial charge in [0.15, 0.2) is 5.16 Å². The van der Waals surface area contributed by atoms with Crippen molar-refractivity contribution in [2.45, 2.75) is 24.0 Å². The number of aliphatic carboxylic acids is 1. The van der Waals surface area contributed by atoms with Gasteiger partial charge in [-0.3, -0.25) is 4.79 Å². The molecule has 1 N–H and O–H groups in total. The summed E-state index contributed by atoms with van der Waals surface area (Å²) in [5.41, 5.74) is 1.97. The molecule has 1 aliphatic rings. The van der Waals surface area contributed by atoms with Gasteiger partial charge < -0.3 is 9.67 Å². The number of rotatable bonds is 4. The maximum Gasteiger partial charge on any atom is 0.313 e. The van der Waals surface area contributed by atoms with Gasteiger partial charge in [-0.05, 0) is 31.0 Å². The largest absolute Gasteiger partial charge is 0.481 e. The van der Waals surface area contributed by atoms with Gasteiger partial charge in [0.05, 0.1) is 16.8 Å². The number of halogens is 1. The van der Waals surface area contributed by atoms with E-state index in [9.17, 15) is 4.79 Å². The third-order valence-corrected chi connectivity index (χ3v) is 4.72. The second kappa shape index (κ2) is 5.61. The average Bonchev–Trinajstić information content (AvgIpc) is 3.02. The fourth-order valence-corrected chi connectivity index (χ4v) is 3.59. The van der Waals surface area contributed by atoms with E-state index in [1.54, 1.807) is 0 Å². The molecule has 0 amide bonds. The molecule has 1 aromatic heterocycles. The zero-order valence-electron chi connectivity index (χ0n) is 10.6. The molecule has 2 aromatic rings. The van der Waals surface area contributed by atoms with Crippen LogP contribution in [0.4, 0.5) is 0 Å². The Labute approximate surface area is 129 Å². The number of nitrogens with zero attached hydrogens (tertiary/aromatic N) is 2. The number of imidazole rings is 1. The third-order valence-electron chi connectivity index (χ3n) is 3.29. The van der Waals surface area contributed by atoms with Crippen molar-refractivity contribution >= 4 is 44.7 Å². The summed E-state index contributed by atoms with van der Waals surface area (Å²) in [5, 5.41) is 9.66. The molecule has 1 heterocycles. The van der Waals surface area contributed by atoms with Crippen molar-refractivity contribution in [1.82, 2.24) is 9.55 Å². The lowest BCUT2D eigenvalue weighted by atomic mass is 10.2. The predicted molar refractivity (Wildman–Crippen MR) is 83.2 cm³/mol. The molecular formula is C14H13BrN2O2S. The van der Waals surface area contributed by atoms with Crippen molar-refractivity contribution in [3.05, 3.63) is 34.8 Å². The quantitative estimate of drug-likeness (QED) is 0.670. The SMILES string of the molecule is O=C(O)CSc1nc2ccc(Br)cc2n1C1CC=CC1. The smallest absolute Gasteiger partial charge is 0.313 e. The van der Waals surface area contributed by atoms with Gasteiger partial charge in [-0.25, -0.2) is 4.98 Å². The first-order valence-corrected chi connectivity index (χ1v) is 8.10. The summed E-state index contributed by atoms with van der Waals surface area (Å²) in [6.07, 6.45) is 6.28. The van der Waals surface area contributed by atoms with E-state index in [0.717, 1.165) is 33.5 Å². The Morgan fingerprint density at radius 2 is 2.20 bits per heavy atom. The number of aromatic nitrogens is 2. The zero-order chi connectivity index (χ0) is 14.1. The average molecular weight is 353 g/mol. The second-order valence-corrected chi connectivity index (χ2v) is 6.53. The Balaban J connectivity index is 2.07. The third kappa shape index (κ3) is 2.62. The number of thioether (sulfide) groups is 1.